The molecule has 0 unspecified atom stereocenters. The van der Waals surface area contributed by atoms with Gasteiger partial charge in [0.25, 0.3) is 0 Å². The Kier molecular flexibility index (Phi) is 4.83. The average molecular weight is 332 g/mol. The third-order valence-corrected chi connectivity index (χ3v) is 5.61. The van der Waals surface area contributed by atoms with E-state index in [2.05, 4.69) is 20.4 Å². The van der Waals surface area contributed by atoms with Crippen LogP contribution in [0.1, 0.15) is 63.1 Å². The van der Waals surface area contributed by atoms with E-state index in [9.17, 15) is 4.79 Å². The van der Waals surface area contributed by atoms with E-state index in [0.717, 1.165) is 43.6 Å². The van der Waals surface area contributed by atoms with E-state index in [-0.39, 0.29) is 11.9 Å². The minimum absolute atomic E-state index is 0.219. The van der Waals surface area contributed by atoms with Crippen molar-refractivity contribution in [1.82, 2.24) is 20.4 Å². The highest BCUT2D eigenvalue weighted by Gasteiger charge is 2.30. The van der Waals surface area contributed by atoms with Gasteiger partial charge in [-0.3, -0.25) is 9.69 Å². The lowest BCUT2D eigenvalue weighted by Gasteiger charge is -2.38. The molecule has 3 aliphatic rings. The quantitative estimate of drug-likeness (QED) is 0.791. The highest BCUT2D eigenvalue weighted by atomic mass is 16.5. The molecule has 6 nitrogen and oxygen atoms in total. The minimum atomic E-state index is 0.219. The van der Waals surface area contributed by atoms with Gasteiger partial charge in [-0.05, 0) is 31.1 Å². The van der Waals surface area contributed by atoms with Gasteiger partial charge in [0.2, 0.25) is 11.8 Å². The maximum Gasteiger partial charge on any atom is 0.240 e. The van der Waals surface area contributed by atoms with Crippen molar-refractivity contribution in [3.8, 4) is 0 Å². The summed E-state index contributed by atoms with van der Waals surface area (Å²) in [7, 11) is 0. The molecule has 3 fully saturated rings. The van der Waals surface area contributed by atoms with Crippen LogP contribution in [0.3, 0.4) is 0 Å². The van der Waals surface area contributed by atoms with Crippen LogP contribution in [0.25, 0.3) is 0 Å². The Bertz CT molecular complexity index is 557. The highest BCUT2D eigenvalue weighted by molar-refractivity contribution is 5.76. The molecule has 24 heavy (non-hydrogen) atoms. The molecule has 4 rings (SSSR count). The van der Waals surface area contributed by atoms with Crippen LogP contribution in [0, 0.1) is 11.8 Å². The number of hydrogen-bond acceptors (Lipinski definition) is 5. The van der Waals surface area contributed by atoms with Crippen molar-refractivity contribution in [2.45, 2.75) is 70.4 Å². The second kappa shape index (κ2) is 7.21. The molecule has 2 saturated carbocycles. The zero-order chi connectivity index (χ0) is 16.4. The van der Waals surface area contributed by atoms with Crippen LogP contribution in [0.5, 0.6) is 0 Å². The smallest absolute Gasteiger partial charge is 0.240 e. The average Bonchev–Trinajstić information content (AvgIpc) is 3.00. The van der Waals surface area contributed by atoms with Gasteiger partial charge < -0.3 is 9.84 Å². The Morgan fingerprint density at radius 3 is 2.71 bits per heavy atom. The molecule has 1 N–H and O–H groups in total. The number of nitrogens with zero attached hydrogens (tertiary/aromatic N) is 3. The first-order chi connectivity index (χ1) is 11.7. The lowest BCUT2D eigenvalue weighted by atomic mass is 10.0. The Morgan fingerprint density at radius 2 is 1.96 bits per heavy atom. The van der Waals surface area contributed by atoms with Gasteiger partial charge in [0, 0.05) is 25.9 Å². The van der Waals surface area contributed by atoms with Crippen LogP contribution >= 0.6 is 0 Å². The zero-order valence-electron chi connectivity index (χ0n) is 14.4. The number of rotatable bonds is 8. The van der Waals surface area contributed by atoms with Crippen molar-refractivity contribution in [2.24, 2.45) is 11.8 Å². The van der Waals surface area contributed by atoms with Crippen molar-refractivity contribution in [2.75, 3.05) is 13.1 Å². The fourth-order valence-electron chi connectivity index (χ4n) is 3.93. The molecule has 1 aromatic rings. The fraction of sp³-hybridized carbons (Fsp3) is 0.833. The number of aromatic nitrogens is 2. The summed E-state index contributed by atoms with van der Waals surface area (Å²) in [5, 5.41) is 7.20. The van der Waals surface area contributed by atoms with Crippen molar-refractivity contribution in [3.05, 3.63) is 11.7 Å². The van der Waals surface area contributed by atoms with Crippen LogP contribution in [-0.2, 0) is 17.8 Å². The molecule has 6 heteroatoms. The van der Waals surface area contributed by atoms with Crippen molar-refractivity contribution in [3.63, 3.8) is 0 Å². The molecular weight excluding hydrogens is 304 g/mol. The van der Waals surface area contributed by atoms with E-state index in [4.69, 9.17) is 4.52 Å². The predicted octanol–water partition coefficient (Wildman–Crippen LogP) is 2.29. The second-order valence-corrected chi connectivity index (χ2v) is 7.90. The molecule has 2 aliphatic carbocycles. The first-order valence-corrected chi connectivity index (χ1v) is 9.58. The molecular formula is C18H28N4O2. The van der Waals surface area contributed by atoms with Crippen molar-refractivity contribution >= 4 is 5.91 Å². The van der Waals surface area contributed by atoms with Gasteiger partial charge in [-0.15, -0.1) is 0 Å². The molecule has 132 valence electrons. The van der Waals surface area contributed by atoms with Gasteiger partial charge in [-0.2, -0.15) is 4.98 Å². The van der Waals surface area contributed by atoms with Crippen LogP contribution in [0.15, 0.2) is 4.52 Å². The van der Waals surface area contributed by atoms with Gasteiger partial charge >= 0.3 is 0 Å². The van der Waals surface area contributed by atoms with E-state index < -0.39 is 0 Å². The Morgan fingerprint density at radius 1 is 1.17 bits per heavy atom. The largest absolute Gasteiger partial charge is 0.351 e. The number of carbonyl (C=O) groups excluding carboxylic acids is 1. The third kappa shape index (κ3) is 4.35. The van der Waals surface area contributed by atoms with Crippen LogP contribution < -0.4 is 5.32 Å². The maximum absolute atomic E-state index is 12.0. The topological polar surface area (TPSA) is 71.3 Å². The lowest BCUT2D eigenvalue weighted by Crippen LogP contribution is -2.58. The number of amides is 1. The van der Waals surface area contributed by atoms with Crippen LogP contribution in [-0.4, -0.2) is 40.1 Å². The van der Waals surface area contributed by atoms with Crippen molar-refractivity contribution in [1.29, 1.82) is 0 Å². The van der Waals surface area contributed by atoms with Gasteiger partial charge in [-0.25, -0.2) is 0 Å². The standard InChI is InChI=1S/C18H28N4O2/c23-17(8-7-13-3-1-2-4-13)19-15-10-22(11-15)12-18-20-16(21-24-18)9-14-5-6-14/h13-15H,1-12H2,(H,19,23). The number of carbonyl (C=O) groups is 1. The van der Waals surface area contributed by atoms with Crippen LogP contribution in [0.2, 0.25) is 0 Å². The van der Waals surface area contributed by atoms with E-state index in [1.165, 1.54) is 38.5 Å². The highest BCUT2D eigenvalue weighted by Crippen LogP contribution is 2.31. The lowest BCUT2D eigenvalue weighted by molar-refractivity contribution is -0.123. The summed E-state index contributed by atoms with van der Waals surface area (Å²) in [6.45, 7) is 2.47. The molecule has 2 heterocycles. The number of nitrogens with one attached hydrogen (secondary N) is 1. The molecule has 1 aliphatic heterocycles. The number of hydrogen-bond donors (Lipinski definition) is 1. The van der Waals surface area contributed by atoms with Gasteiger partial charge in [-0.1, -0.05) is 30.8 Å². The van der Waals surface area contributed by atoms with E-state index in [1.54, 1.807) is 0 Å². The maximum atomic E-state index is 12.0. The second-order valence-electron chi connectivity index (χ2n) is 7.90. The first-order valence-electron chi connectivity index (χ1n) is 9.58. The van der Waals surface area contributed by atoms with E-state index in [0.29, 0.717) is 18.9 Å². The molecule has 0 aromatic carbocycles. The predicted molar refractivity (Wildman–Crippen MR) is 89.1 cm³/mol. The van der Waals surface area contributed by atoms with Gasteiger partial charge in [0.15, 0.2) is 5.82 Å². The summed E-state index contributed by atoms with van der Waals surface area (Å²) in [5.74, 6) is 3.34. The monoisotopic (exact) mass is 332 g/mol. The molecule has 0 radical (unpaired) electrons. The van der Waals surface area contributed by atoms with Gasteiger partial charge in [0.05, 0.1) is 12.6 Å². The summed E-state index contributed by atoms with van der Waals surface area (Å²) < 4.78 is 5.32. The number of likely N-dealkylation sites (tertiary alicyclic amines) is 1. The summed E-state index contributed by atoms with van der Waals surface area (Å²) >= 11 is 0. The third-order valence-electron chi connectivity index (χ3n) is 5.61. The van der Waals surface area contributed by atoms with Crippen LogP contribution in [0.4, 0.5) is 0 Å². The fourth-order valence-corrected chi connectivity index (χ4v) is 3.93. The molecule has 0 atom stereocenters. The van der Waals surface area contributed by atoms with Gasteiger partial charge in [0.1, 0.15) is 0 Å². The molecule has 1 amide bonds. The summed E-state index contributed by atoms with van der Waals surface area (Å²) in [4.78, 5) is 18.7. The minimum Gasteiger partial charge on any atom is -0.351 e. The van der Waals surface area contributed by atoms with E-state index >= 15 is 0 Å². The summed E-state index contributed by atoms with van der Waals surface area (Å²) in [5.41, 5.74) is 0. The SMILES string of the molecule is O=C(CCC1CCCC1)NC1CN(Cc2nc(CC3CC3)no2)C1. The molecule has 0 bridgehead atoms. The van der Waals surface area contributed by atoms with Crippen molar-refractivity contribution < 1.29 is 9.32 Å². The Hall–Kier alpha value is -1.43. The van der Waals surface area contributed by atoms with E-state index in [1.807, 2.05) is 0 Å². The Balaban J connectivity index is 1.11. The summed E-state index contributed by atoms with van der Waals surface area (Å²) in [6.07, 6.45) is 10.7. The molecule has 1 aromatic heterocycles. The summed E-state index contributed by atoms with van der Waals surface area (Å²) in [6, 6.07) is 0.287. The molecule has 1 saturated heterocycles. The Labute approximate surface area is 143 Å². The zero-order valence-corrected chi connectivity index (χ0v) is 14.4. The first kappa shape index (κ1) is 16.1. The molecule has 0 spiro atoms. The normalized spacial score (nSPS) is 22.7.